The Morgan fingerprint density at radius 1 is 1.20 bits per heavy atom. The molecule has 0 aliphatic carbocycles. The molecule has 2 aromatic rings. The van der Waals surface area contributed by atoms with Crippen LogP contribution in [0.3, 0.4) is 0 Å². The van der Waals surface area contributed by atoms with Crippen LogP contribution in [0.2, 0.25) is 0 Å². The van der Waals surface area contributed by atoms with Crippen LogP contribution in [0.25, 0.3) is 0 Å². The fourth-order valence-electron chi connectivity index (χ4n) is 1.47. The Morgan fingerprint density at radius 3 is 2.65 bits per heavy atom. The first-order valence-electron chi connectivity index (χ1n) is 6.22. The van der Waals surface area contributed by atoms with Crippen LogP contribution >= 0.6 is 0 Å². The van der Waals surface area contributed by atoms with E-state index in [2.05, 4.69) is 15.3 Å². The summed E-state index contributed by atoms with van der Waals surface area (Å²) in [7, 11) is 0. The standard InChI is InChI=1S/C14H15F2N3O/c1-9(2)17-6-10-7-19-13(8-18-10)20-12-5-3-4-11(15)14(12)16/h3-5,7-9,17H,6H2,1-2H3. The zero-order valence-electron chi connectivity index (χ0n) is 11.2. The van der Waals surface area contributed by atoms with E-state index >= 15 is 0 Å². The highest BCUT2D eigenvalue weighted by Crippen LogP contribution is 2.23. The van der Waals surface area contributed by atoms with Crippen molar-refractivity contribution in [2.24, 2.45) is 0 Å². The van der Waals surface area contributed by atoms with Crippen LogP contribution in [0.4, 0.5) is 8.78 Å². The average Bonchev–Trinajstić information content (AvgIpc) is 2.43. The normalized spacial score (nSPS) is 10.8. The van der Waals surface area contributed by atoms with E-state index in [1.807, 2.05) is 13.8 Å². The lowest BCUT2D eigenvalue weighted by molar-refractivity contribution is 0.403. The van der Waals surface area contributed by atoms with Gasteiger partial charge in [-0.15, -0.1) is 0 Å². The lowest BCUT2D eigenvalue weighted by Crippen LogP contribution is -2.22. The maximum Gasteiger partial charge on any atom is 0.237 e. The number of aromatic nitrogens is 2. The molecule has 6 heteroatoms. The van der Waals surface area contributed by atoms with Gasteiger partial charge in [0.05, 0.1) is 18.1 Å². The molecular weight excluding hydrogens is 264 g/mol. The van der Waals surface area contributed by atoms with Crippen LogP contribution in [0, 0.1) is 11.6 Å². The van der Waals surface area contributed by atoms with Crippen LogP contribution < -0.4 is 10.1 Å². The van der Waals surface area contributed by atoms with E-state index in [9.17, 15) is 8.78 Å². The molecule has 2 rings (SSSR count). The SMILES string of the molecule is CC(C)NCc1cnc(Oc2cccc(F)c2F)cn1. The molecule has 1 heterocycles. The molecule has 0 radical (unpaired) electrons. The summed E-state index contributed by atoms with van der Waals surface area (Å²) in [5, 5.41) is 3.19. The number of hydrogen-bond acceptors (Lipinski definition) is 4. The molecule has 0 spiro atoms. The first-order valence-corrected chi connectivity index (χ1v) is 6.22. The Kier molecular flexibility index (Phi) is 4.57. The molecule has 0 amide bonds. The van der Waals surface area contributed by atoms with Gasteiger partial charge < -0.3 is 10.1 Å². The molecule has 106 valence electrons. The highest BCUT2D eigenvalue weighted by Gasteiger charge is 2.10. The van der Waals surface area contributed by atoms with Crippen molar-refractivity contribution in [2.75, 3.05) is 0 Å². The molecule has 1 N–H and O–H groups in total. The molecule has 20 heavy (non-hydrogen) atoms. The summed E-state index contributed by atoms with van der Waals surface area (Å²) in [5.41, 5.74) is 0.741. The Morgan fingerprint density at radius 2 is 2.00 bits per heavy atom. The van der Waals surface area contributed by atoms with Crippen molar-refractivity contribution < 1.29 is 13.5 Å². The summed E-state index contributed by atoms with van der Waals surface area (Å²) in [6, 6.07) is 4.06. The van der Waals surface area contributed by atoms with Gasteiger partial charge in [-0.1, -0.05) is 19.9 Å². The second-order valence-electron chi connectivity index (χ2n) is 4.54. The maximum absolute atomic E-state index is 13.4. The summed E-state index contributed by atoms with van der Waals surface area (Å²) in [4.78, 5) is 8.14. The Labute approximate surface area is 115 Å². The van der Waals surface area contributed by atoms with Crippen molar-refractivity contribution in [1.29, 1.82) is 0 Å². The van der Waals surface area contributed by atoms with Crippen molar-refractivity contribution in [3.8, 4) is 11.6 Å². The highest BCUT2D eigenvalue weighted by molar-refractivity contribution is 5.28. The third-order valence-electron chi connectivity index (χ3n) is 2.50. The van der Waals surface area contributed by atoms with Crippen molar-refractivity contribution in [1.82, 2.24) is 15.3 Å². The zero-order chi connectivity index (χ0) is 14.5. The first kappa shape index (κ1) is 14.3. The summed E-state index contributed by atoms with van der Waals surface area (Å²) >= 11 is 0. The molecule has 0 atom stereocenters. The molecule has 0 unspecified atom stereocenters. The van der Waals surface area contributed by atoms with Crippen molar-refractivity contribution in [2.45, 2.75) is 26.4 Å². The fourth-order valence-corrected chi connectivity index (χ4v) is 1.47. The smallest absolute Gasteiger partial charge is 0.237 e. The monoisotopic (exact) mass is 279 g/mol. The van der Waals surface area contributed by atoms with Gasteiger partial charge in [-0.05, 0) is 12.1 Å². The van der Waals surface area contributed by atoms with Gasteiger partial charge in [-0.25, -0.2) is 9.37 Å². The van der Waals surface area contributed by atoms with Crippen LogP contribution in [0.5, 0.6) is 11.6 Å². The number of benzene rings is 1. The van der Waals surface area contributed by atoms with E-state index in [0.29, 0.717) is 12.6 Å². The van der Waals surface area contributed by atoms with E-state index in [-0.39, 0.29) is 11.6 Å². The minimum absolute atomic E-state index is 0.114. The summed E-state index contributed by atoms with van der Waals surface area (Å²) in [6.45, 7) is 4.63. The first-order chi connectivity index (χ1) is 9.56. The largest absolute Gasteiger partial charge is 0.434 e. The number of ether oxygens (including phenoxy) is 1. The second kappa shape index (κ2) is 6.38. The minimum atomic E-state index is -1.04. The predicted octanol–water partition coefficient (Wildman–Crippen LogP) is 3.05. The molecule has 1 aromatic carbocycles. The quantitative estimate of drug-likeness (QED) is 0.913. The third-order valence-corrected chi connectivity index (χ3v) is 2.50. The molecular formula is C14H15F2N3O. The maximum atomic E-state index is 13.4. The molecule has 0 fully saturated rings. The number of rotatable bonds is 5. The van der Waals surface area contributed by atoms with Gasteiger partial charge in [-0.2, -0.15) is 4.39 Å². The number of halogens is 2. The van der Waals surface area contributed by atoms with Gasteiger partial charge >= 0.3 is 0 Å². The number of nitrogens with zero attached hydrogens (tertiary/aromatic N) is 2. The van der Waals surface area contributed by atoms with Crippen LogP contribution in [-0.2, 0) is 6.54 Å². The molecule has 0 bridgehead atoms. The Balaban J connectivity index is 2.05. The third kappa shape index (κ3) is 3.71. The lowest BCUT2D eigenvalue weighted by Gasteiger charge is -2.08. The van der Waals surface area contributed by atoms with Gasteiger partial charge in [0.2, 0.25) is 11.7 Å². The molecule has 0 saturated heterocycles. The number of nitrogens with one attached hydrogen (secondary N) is 1. The van der Waals surface area contributed by atoms with Gasteiger partial charge in [-0.3, -0.25) is 4.98 Å². The minimum Gasteiger partial charge on any atom is -0.434 e. The van der Waals surface area contributed by atoms with Gasteiger partial charge in [0, 0.05) is 12.6 Å². The van der Waals surface area contributed by atoms with E-state index in [0.717, 1.165) is 11.8 Å². The second-order valence-corrected chi connectivity index (χ2v) is 4.54. The van der Waals surface area contributed by atoms with E-state index < -0.39 is 11.6 Å². The van der Waals surface area contributed by atoms with E-state index in [1.54, 1.807) is 0 Å². The number of hydrogen-bond donors (Lipinski definition) is 1. The van der Waals surface area contributed by atoms with Gasteiger partial charge in [0.15, 0.2) is 11.6 Å². The van der Waals surface area contributed by atoms with Crippen LogP contribution in [0.15, 0.2) is 30.6 Å². The molecule has 0 saturated carbocycles. The zero-order valence-corrected chi connectivity index (χ0v) is 11.2. The lowest BCUT2D eigenvalue weighted by atomic mass is 10.3. The summed E-state index contributed by atoms with van der Waals surface area (Å²) in [6.07, 6.45) is 2.91. The Hall–Kier alpha value is -2.08. The molecule has 1 aromatic heterocycles. The summed E-state index contributed by atoms with van der Waals surface area (Å²) < 4.78 is 31.6. The van der Waals surface area contributed by atoms with Crippen molar-refractivity contribution >= 4 is 0 Å². The highest BCUT2D eigenvalue weighted by atomic mass is 19.2. The van der Waals surface area contributed by atoms with E-state index in [4.69, 9.17) is 4.74 Å². The molecule has 0 aliphatic heterocycles. The average molecular weight is 279 g/mol. The van der Waals surface area contributed by atoms with E-state index in [1.165, 1.54) is 24.5 Å². The fraction of sp³-hybridized carbons (Fsp3) is 0.286. The summed E-state index contributed by atoms with van der Waals surface area (Å²) in [5.74, 6) is -2.11. The van der Waals surface area contributed by atoms with Gasteiger partial charge in [0.1, 0.15) is 0 Å². The Bertz CT molecular complexity index is 573. The van der Waals surface area contributed by atoms with Crippen molar-refractivity contribution in [3.63, 3.8) is 0 Å². The van der Waals surface area contributed by atoms with Crippen molar-refractivity contribution in [3.05, 3.63) is 47.9 Å². The van der Waals surface area contributed by atoms with Gasteiger partial charge in [0.25, 0.3) is 0 Å². The van der Waals surface area contributed by atoms with Crippen LogP contribution in [0.1, 0.15) is 19.5 Å². The molecule has 0 aliphatic rings. The molecule has 4 nitrogen and oxygen atoms in total. The predicted molar refractivity (Wildman–Crippen MR) is 70.4 cm³/mol. The topological polar surface area (TPSA) is 47.0 Å². The van der Waals surface area contributed by atoms with Crippen LogP contribution in [-0.4, -0.2) is 16.0 Å².